The van der Waals surface area contributed by atoms with E-state index in [1.54, 1.807) is 12.1 Å². The topological polar surface area (TPSA) is 106 Å². The lowest BCUT2D eigenvalue weighted by atomic mass is 10.0. The van der Waals surface area contributed by atoms with Crippen molar-refractivity contribution in [1.82, 2.24) is 15.1 Å². The highest BCUT2D eigenvalue weighted by atomic mass is 32.1. The SMILES string of the molecule is CNC(=O)c1cc(OCCO)c(NCC#Cc2sc3c(NC4CCN(C(=O)CN(C)C)CC4)cccc3c2CC(F)(F)F)cc1F. The Kier molecular flexibility index (Phi) is 11.7. The molecule has 0 bridgehead atoms. The van der Waals surface area contributed by atoms with E-state index in [1.807, 2.05) is 30.0 Å². The average molecular weight is 664 g/mol. The number of alkyl halides is 3. The zero-order valence-corrected chi connectivity index (χ0v) is 26.6. The van der Waals surface area contributed by atoms with E-state index in [-0.39, 0.29) is 59.1 Å². The molecule has 9 nitrogen and oxygen atoms in total. The van der Waals surface area contributed by atoms with E-state index in [0.29, 0.717) is 48.2 Å². The van der Waals surface area contributed by atoms with Gasteiger partial charge in [0.2, 0.25) is 5.91 Å². The van der Waals surface area contributed by atoms with Gasteiger partial charge in [0.15, 0.2) is 0 Å². The number of aliphatic hydroxyl groups is 1. The molecule has 0 atom stereocenters. The van der Waals surface area contributed by atoms with Gasteiger partial charge in [0.05, 0.1) is 52.6 Å². The van der Waals surface area contributed by atoms with Crippen LogP contribution in [-0.2, 0) is 11.2 Å². The minimum atomic E-state index is -4.46. The lowest BCUT2D eigenvalue weighted by Gasteiger charge is -2.33. The number of likely N-dealkylation sites (N-methyl/N-ethyl adjacent to an activating group) is 1. The smallest absolute Gasteiger partial charge is 0.393 e. The third-order valence-electron chi connectivity index (χ3n) is 7.31. The summed E-state index contributed by atoms with van der Waals surface area (Å²) in [4.78, 5) is 28.4. The Balaban J connectivity index is 1.55. The molecular formula is C32H37F4N5O4S. The van der Waals surface area contributed by atoms with Crippen LogP contribution in [0.25, 0.3) is 10.1 Å². The van der Waals surface area contributed by atoms with Crippen molar-refractivity contribution < 1.29 is 37.0 Å². The molecule has 0 saturated carbocycles. The van der Waals surface area contributed by atoms with Crippen LogP contribution in [0.3, 0.4) is 0 Å². The van der Waals surface area contributed by atoms with Crippen LogP contribution in [0.5, 0.6) is 5.75 Å². The highest BCUT2D eigenvalue weighted by Crippen LogP contribution is 2.39. The molecule has 14 heteroatoms. The summed E-state index contributed by atoms with van der Waals surface area (Å²) in [5.41, 5.74) is 0.718. The van der Waals surface area contributed by atoms with Gasteiger partial charge in [-0.25, -0.2) is 4.39 Å². The number of benzene rings is 2. The molecule has 2 aromatic carbocycles. The van der Waals surface area contributed by atoms with Crippen molar-refractivity contribution in [2.45, 2.75) is 31.5 Å². The Morgan fingerprint density at radius 1 is 1.17 bits per heavy atom. The quantitative estimate of drug-likeness (QED) is 0.179. The summed E-state index contributed by atoms with van der Waals surface area (Å²) in [6.45, 7) is 1.05. The molecule has 1 fully saturated rings. The molecule has 1 aliphatic rings. The Morgan fingerprint density at radius 3 is 2.57 bits per heavy atom. The molecule has 1 saturated heterocycles. The van der Waals surface area contributed by atoms with Crippen molar-refractivity contribution in [3.63, 3.8) is 0 Å². The fourth-order valence-electron chi connectivity index (χ4n) is 5.16. The fraction of sp³-hybridized carbons (Fsp3) is 0.438. The molecule has 1 aliphatic heterocycles. The van der Waals surface area contributed by atoms with Gasteiger partial charge in [0.25, 0.3) is 5.91 Å². The number of aliphatic hydroxyl groups excluding tert-OH is 1. The summed E-state index contributed by atoms with van der Waals surface area (Å²) in [5.74, 6) is 4.41. The largest absolute Gasteiger partial charge is 0.489 e. The molecule has 0 unspecified atom stereocenters. The second-order valence-electron chi connectivity index (χ2n) is 11.1. The summed E-state index contributed by atoms with van der Waals surface area (Å²) in [5, 5.41) is 18.3. The molecule has 0 spiro atoms. The van der Waals surface area contributed by atoms with E-state index in [9.17, 15) is 27.2 Å². The van der Waals surface area contributed by atoms with Crippen LogP contribution in [0.15, 0.2) is 30.3 Å². The summed E-state index contributed by atoms with van der Waals surface area (Å²) < 4.78 is 61.8. The number of hydrogen-bond donors (Lipinski definition) is 4. The Morgan fingerprint density at radius 2 is 1.91 bits per heavy atom. The summed E-state index contributed by atoms with van der Waals surface area (Å²) >= 11 is 1.17. The molecule has 4 N–H and O–H groups in total. The normalized spacial score (nSPS) is 13.8. The first-order valence-electron chi connectivity index (χ1n) is 14.7. The lowest BCUT2D eigenvalue weighted by molar-refractivity contribution is -0.132. The van der Waals surface area contributed by atoms with Gasteiger partial charge in [-0.3, -0.25) is 9.59 Å². The van der Waals surface area contributed by atoms with Crippen LogP contribution in [-0.4, -0.2) is 99.5 Å². The monoisotopic (exact) mass is 663 g/mol. The van der Waals surface area contributed by atoms with E-state index in [2.05, 4.69) is 27.8 Å². The molecule has 2 amide bonds. The van der Waals surface area contributed by atoms with Crippen molar-refractivity contribution in [2.75, 3.05) is 71.2 Å². The van der Waals surface area contributed by atoms with Crippen LogP contribution in [0.2, 0.25) is 0 Å². The number of fused-ring (bicyclic) bond motifs is 1. The van der Waals surface area contributed by atoms with Gasteiger partial charge in [-0.15, -0.1) is 11.3 Å². The minimum absolute atomic E-state index is 0.0540. The van der Waals surface area contributed by atoms with E-state index in [4.69, 9.17) is 9.84 Å². The number of carbonyl (C=O) groups is 2. The minimum Gasteiger partial charge on any atom is -0.489 e. The second kappa shape index (κ2) is 15.5. The number of nitrogens with zero attached hydrogens (tertiary/aromatic N) is 2. The first kappa shape index (κ1) is 34.8. The molecule has 248 valence electrons. The number of carbonyl (C=O) groups excluding carboxylic acids is 2. The van der Waals surface area contributed by atoms with E-state index < -0.39 is 24.3 Å². The predicted octanol–water partition coefficient (Wildman–Crippen LogP) is 4.30. The fourth-order valence-corrected chi connectivity index (χ4v) is 6.33. The van der Waals surface area contributed by atoms with E-state index in [0.717, 1.165) is 6.07 Å². The van der Waals surface area contributed by atoms with Crippen LogP contribution in [0.1, 0.15) is 33.6 Å². The standard InChI is InChI=1S/C32H37F4N5O4S/c1-37-31(44)22-16-27(45-15-14-42)26(17-24(22)33)38-11-5-8-28-23(18-32(34,35)36)21-6-4-7-25(30(21)46-28)39-20-9-12-41(13-10-20)29(43)19-40(2)3/h4,6-7,16-17,20,38-39,42H,9-15,18-19H2,1-3H3,(H,37,44). The third kappa shape index (κ3) is 9.02. The number of amides is 2. The zero-order valence-electron chi connectivity index (χ0n) is 25.8. The van der Waals surface area contributed by atoms with E-state index in [1.165, 1.54) is 24.5 Å². The number of thiophene rings is 1. The molecule has 2 heterocycles. The van der Waals surface area contributed by atoms with Crippen LogP contribution < -0.4 is 20.7 Å². The number of likely N-dealkylation sites (tertiary alicyclic amines) is 1. The molecule has 3 aromatic rings. The van der Waals surface area contributed by atoms with Crippen LogP contribution >= 0.6 is 11.3 Å². The summed E-state index contributed by atoms with van der Waals surface area (Å²) in [6.07, 6.45) is -4.18. The molecule has 4 rings (SSSR count). The Bertz CT molecular complexity index is 1610. The summed E-state index contributed by atoms with van der Waals surface area (Å²) in [6, 6.07) is 7.53. The van der Waals surface area contributed by atoms with Gasteiger partial charge in [-0.1, -0.05) is 24.0 Å². The highest BCUT2D eigenvalue weighted by Gasteiger charge is 2.31. The van der Waals surface area contributed by atoms with Gasteiger partial charge in [-0.2, -0.15) is 13.2 Å². The number of rotatable bonds is 11. The highest BCUT2D eigenvalue weighted by molar-refractivity contribution is 7.20. The number of halogens is 4. The molecule has 0 aliphatic carbocycles. The lowest BCUT2D eigenvalue weighted by Crippen LogP contribution is -2.45. The first-order chi connectivity index (χ1) is 21.9. The molecular weight excluding hydrogens is 626 g/mol. The van der Waals surface area contributed by atoms with Crippen molar-refractivity contribution in [1.29, 1.82) is 0 Å². The van der Waals surface area contributed by atoms with Crippen molar-refractivity contribution >= 4 is 44.6 Å². The maximum Gasteiger partial charge on any atom is 0.393 e. The summed E-state index contributed by atoms with van der Waals surface area (Å²) in [7, 11) is 5.05. The van der Waals surface area contributed by atoms with Gasteiger partial charge in [0, 0.05) is 32.2 Å². The maximum absolute atomic E-state index is 14.6. The number of piperidine rings is 1. The molecule has 1 aromatic heterocycles. The first-order valence-corrected chi connectivity index (χ1v) is 15.5. The molecule has 46 heavy (non-hydrogen) atoms. The van der Waals surface area contributed by atoms with Crippen molar-refractivity contribution in [3.05, 3.63) is 52.2 Å². The Hall–Kier alpha value is -4.06. The van der Waals surface area contributed by atoms with Gasteiger partial charge in [-0.05, 0) is 50.0 Å². The average Bonchev–Trinajstić information content (AvgIpc) is 3.34. The maximum atomic E-state index is 14.6. The van der Waals surface area contributed by atoms with Crippen LogP contribution in [0, 0.1) is 17.7 Å². The molecule has 0 radical (unpaired) electrons. The van der Waals surface area contributed by atoms with Gasteiger partial charge < -0.3 is 35.6 Å². The second-order valence-corrected chi connectivity index (χ2v) is 12.1. The van der Waals surface area contributed by atoms with Gasteiger partial charge >= 0.3 is 6.18 Å². The van der Waals surface area contributed by atoms with Crippen molar-refractivity contribution in [3.8, 4) is 17.6 Å². The number of nitrogens with one attached hydrogen (secondary N) is 3. The van der Waals surface area contributed by atoms with Gasteiger partial charge in [0.1, 0.15) is 18.2 Å². The Labute approximate surface area is 268 Å². The van der Waals surface area contributed by atoms with E-state index >= 15 is 0 Å². The number of ether oxygens (including phenoxy) is 1. The van der Waals surface area contributed by atoms with Crippen LogP contribution in [0.4, 0.5) is 28.9 Å². The van der Waals surface area contributed by atoms with Crippen molar-refractivity contribution in [2.24, 2.45) is 0 Å². The number of hydrogen-bond acceptors (Lipinski definition) is 8. The number of anilines is 2. The third-order valence-corrected chi connectivity index (χ3v) is 8.51. The zero-order chi connectivity index (χ0) is 33.4. The predicted molar refractivity (Wildman–Crippen MR) is 171 cm³/mol.